The van der Waals surface area contributed by atoms with Crippen LogP contribution in [0, 0.1) is 5.92 Å². The Morgan fingerprint density at radius 2 is 2.54 bits per heavy atom. The number of hydrogen-bond acceptors (Lipinski definition) is 3. The minimum Gasteiger partial charge on any atom is -0.391 e. The summed E-state index contributed by atoms with van der Waals surface area (Å²) in [6, 6.07) is 0. The maximum absolute atomic E-state index is 11.4. The molecular weight excluding hydrogens is 168 g/mol. The second-order valence-electron chi connectivity index (χ2n) is 3.50. The Bertz CT molecular complexity index is 167. The van der Waals surface area contributed by atoms with Crippen LogP contribution < -0.4 is 10.6 Å². The van der Waals surface area contributed by atoms with Crippen molar-refractivity contribution in [2.24, 2.45) is 5.92 Å². The second-order valence-corrected chi connectivity index (χ2v) is 3.50. The average molecular weight is 186 g/mol. The van der Waals surface area contributed by atoms with Crippen molar-refractivity contribution in [2.75, 3.05) is 19.6 Å². The molecule has 2 atom stereocenters. The van der Waals surface area contributed by atoms with Crippen molar-refractivity contribution in [3.63, 3.8) is 0 Å². The van der Waals surface area contributed by atoms with Crippen LogP contribution in [0.15, 0.2) is 0 Å². The molecule has 1 aliphatic heterocycles. The Morgan fingerprint density at radius 3 is 3.08 bits per heavy atom. The molecule has 1 saturated heterocycles. The predicted octanol–water partition coefficient (Wildman–Crippen LogP) is -0.517. The normalized spacial score (nSPS) is 24.3. The molecule has 3 N–H and O–H groups in total. The van der Waals surface area contributed by atoms with Crippen LogP contribution in [0.4, 0.5) is 0 Å². The highest BCUT2D eigenvalue weighted by atomic mass is 16.3. The number of aliphatic hydroxyl groups is 1. The van der Waals surface area contributed by atoms with Crippen molar-refractivity contribution in [2.45, 2.75) is 25.9 Å². The number of aliphatic hydroxyl groups excluding tert-OH is 1. The molecule has 13 heavy (non-hydrogen) atoms. The molecule has 0 bridgehead atoms. The Balaban J connectivity index is 2.16. The SMILES string of the molecule is CCC(O)CNC(=O)C1CCNC1. The monoisotopic (exact) mass is 186 g/mol. The van der Waals surface area contributed by atoms with E-state index < -0.39 is 6.10 Å². The van der Waals surface area contributed by atoms with Gasteiger partial charge in [0.25, 0.3) is 0 Å². The number of amides is 1. The molecule has 76 valence electrons. The molecule has 0 aromatic rings. The standard InChI is InChI=1S/C9H18N2O2/c1-2-8(12)6-11-9(13)7-3-4-10-5-7/h7-8,10,12H,2-6H2,1H3,(H,11,13). The zero-order valence-corrected chi connectivity index (χ0v) is 8.05. The lowest BCUT2D eigenvalue weighted by atomic mass is 10.1. The van der Waals surface area contributed by atoms with E-state index >= 15 is 0 Å². The fraction of sp³-hybridized carbons (Fsp3) is 0.889. The van der Waals surface area contributed by atoms with Gasteiger partial charge in [-0.25, -0.2) is 0 Å². The minimum absolute atomic E-state index is 0.0671. The van der Waals surface area contributed by atoms with Crippen LogP contribution in [-0.4, -0.2) is 36.8 Å². The third-order valence-corrected chi connectivity index (χ3v) is 2.41. The van der Waals surface area contributed by atoms with Gasteiger partial charge in [-0.2, -0.15) is 0 Å². The number of rotatable bonds is 4. The lowest BCUT2D eigenvalue weighted by molar-refractivity contribution is -0.124. The zero-order chi connectivity index (χ0) is 9.68. The van der Waals surface area contributed by atoms with Crippen molar-refractivity contribution >= 4 is 5.91 Å². The summed E-state index contributed by atoms with van der Waals surface area (Å²) in [5.41, 5.74) is 0. The molecule has 0 radical (unpaired) electrons. The number of carbonyl (C=O) groups is 1. The Labute approximate surface area is 78.7 Å². The quantitative estimate of drug-likeness (QED) is 0.554. The minimum atomic E-state index is -0.404. The van der Waals surface area contributed by atoms with Crippen molar-refractivity contribution in [3.05, 3.63) is 0 Å². The number of nitrogens with one attached hydrogen (secondary N) is 2. The fourth-order valence-corrected chi connectivity index (χ4v) is 1.39. The second kappa shape index (κ2) is 5.19. The first-order valence-corrected chi connectivity index (χ1v) is 4.90. The summed E-state index contributed by atoms with van der Waals surface area (Å²) in [5, 5.41) is 15.1. The Kier molecular flexibility index (Phi) is 4.18. The summed E-state index contributed by atoms with van der Waals surface area (Å²) in [6.45, 7) is 3.97. The van der Waals surface area contributed by atoms with E-state index in [0.717, 1.165) is 19.5 Å². The van der Waals surface area contributed by atoms with Gasteiger partial charge in [-0.3, -0.25) is 4.79 Å². The van der Waals surface area contributed by atoms with Gasteiger partial charge in [0.05, 0.1) is 12.0 Å². The third kappa shape index (κ3) is 3.32. The molecule has 0 aromatic heterocycles. The molecule has 0 aromatic carbocycles. The van der Waals surface area contributed by atoms with Crippen LogP contribution in [0.25, 0.3) is 0 Å². The summed E-state index contributed by atoms with van der Waals surface area (Å²) >= 11 is 0. The van der Waals surface area contributed by atoms with E-state index in [-0.39, 0.29) is 11.8 Å². The van der Waals surface area contributed by atoms with Crippen molar-refractivity contribution in [1.29, 1.82) is 0 Å². The van der Waals surface area contributed by atoms with Crippen molar-refractivity contribution < 1.29 is 9.90 Å². The van der Waals surface area contributed by atoms with Gasteiger partial charge in [0.2, 0.25) is 5.91 Å². The van der Waals surface area contributed by atoms with Crippen LogP contribution in [0.3, 0.4) is 0 Å². The topological polar surface area (TPSA) is 61.4 Å². The van der Waals surface area contributed by atoms with Gasteiger partial charge in [0.1, 0.15) is 0 Å². The lowest BCUT2D eigenvalue weighted by Crippen LogP contribution is -2.36. The summed E-state index contributed by atoms with van der Waals surface area (Å²) in [5.74, 6) is 0.168. The van der Waals surface area contributed by atoms with E-state index in [9.17, 15) is 9.90 Å². The fourth-order valence-electron chi connectivity index (χ4n) is 1.39. The van der Waals surface area contributed by atoms with E-state index in [1.807, 2.05) is 6.92 Å². The van der Waals surface area contributed by atoms with Crippen LogP contribution in [0.2, 0.25) is 0 Å². The van der Waals surface area contributed by atoms with Gasteiger partial charge >= 0.3 is 0 Å². The van der Waals surface area contributed by atoms with Crippen LogP contribution in [0.1, 0.15) is 19.8 Å². The molecule has 0 spiro atoms. The first kappa shape index (κ1) is 10.5. The highest BCUT2D eigenvalue weighted by Gasteiger charge is 2.22. The predicted molar refractivity (Wildman–Crippen MR) is 50.3 cm³/mol. The van der Waals surface area contributed by atoms with Gasteiger partial charge < -0.3 is 15.7 Å². The average Bonchev–Trinajstić information content (AvgIpc) is 2.66. The Morgan fingerprint density at radius 1 is 1.77 bits per heavy atom. The Hall–Kier alpha value is -0.610. The van der Waals surface area contributed by atoms with Gasteiger partial charge in [0, 0.05) is 13.1 Å². The van der Waals surface area contributed by atoms with Crippen molar-refractivity contribution in [3.8, 4) is 0 Å². The summed E-state index contributed by atoms with van der Waals surface area (Å²) in [6.07, 6.45) is 1.19. The highest BCUT2D eigenvalue weighted by Crippen LogP contribution is 2.06. The van der Waals surface area contributed by atoms with Crippen LogP contribution in [-0.2, 0) is 4.79 Å². The van der Waals surface area contributed by atoms with E-state index in [0.29, 0.717) is 13.0 Å². The largest absolute Gasteiger partial charge is 0.391 e. The van der Waals surface area contributed by atoms with Gasteiger partial charge in [0.15, 0.2) is 0 Å². The molecule has 1 rings (SSSR count). The van der Waals surface area contributed by atoms with Crippen molar-refractivity contribution in [1.82, 2.24) is 10.6 Å². The molecule has 0 saturated carbocycles. The molecule has 1 aliphatic rings. The maximum Gasteiger partial charge on any atom is 0.224 e. The smallest absolute Gasteiger partial charge is 0.224 e. The first-order chi connectivity index (χ1) is 6.24. The summed E-state index contributed by atoms with van der Waals surface area (Å²) in [4.78, 5) is 11.4. The number of hydrogen-bond donors (Lipinski definition) is 3. The van der Waals surface area contributed by atoms with E-state index in [1.54, 1.807) is 0 Å². The molecule has 1 fully saturated rings. The highest BCUT2D eigenvalue weighted by molar-refractivity contribution is 5.79. The summed E-state index contributed by atoms with van der Waals surface area (Å²) in [7, 11) is 0. The van der Waals surface area contributed by atoms with E-state index in [2.05, 4.69) is 10.6 Å². The molecule has 2 unspecified atom stereocenters. The third-order valence-electron chi connectivity index (χ3n) is 2.41. The first-order valence-electron chi connectivity index (χ1n) is 4.90. The lowest BCUT2D eigenvalue weighted by Gasteiger charge is -2.12. The molecule has 1 amide bonds. The van der Waals surface area contributed by atoms with Crippen LogP contribution >= 0.6 is 0 Å². The molecule has 4 nitrogen and oxygen atoms in total. The van der Waals surface area contributed by atoms with Gasteiger partial charge in [-0.05, 0) is 19.4 Å². The maximum atomic E-state index is 11.4. The van der Waals surface area contributed by atoms with E-state index in [4.69, 9.17) is 0 Å². The molecule has 0 aliphatic carbocycles. The molecular formula is C9H18N2O2. The zero-order valence-electron chi connectivity index (χ0n) is 8.05. The summed E-state index contributed by atoms with van der Waals surface area (Å²) < 4.78 is 0. The van der Waals surface area contributed by atoms with Gasteiger partial charge in [-0.15, -0.1) is 0 Å². The molecule has 1 heterocycles. The van der Waals surface area contributed by atoms with Crippen LogP contribution in [0.5, 0.6) is 0 Å². The van der Waals surface area contributed by atoms with Gasteiger partial charge in [-0.1, -0.05) is 6.92 Å². The molecule has 4 heteroatoms. The number of carbonyl (C=O) groups excluding carboxylic acids is 1. The van der Waals surface area contributed by atoms with E-state index in [1.165, 1.54) is 0 Å².